The van der Waals surface area contributed by atoms with E-state index in [9.17, 15) is 8.78 Å². The smallest absolute Gasteiger partial charge is 0.166 e. The van der Waals surface area contributed by atoms with E-state index < -0.39 is 11.6 Å². The van der Waals surface area contributed by atoms with Crippen LogP contribution in [-0.2, 0) is 6.61 Å². The Morgan fingerprint density at radius 2 is 1.83 bits per heavy atom. The van der Waals surface area contributed by atoms with Crippen LogP contribution in [0.5, 0.6) is 5.75 Å². The van der Waals surface area contributed by atoms with Gasteiger partial charge in [-0.15, -0.1) is 0 Å². The van der Waals surface area contributed by atoms with Crippen molar-refractivity contribution >= 4 is 21.6 Å². The summed E-state index contributed by atoms with van der Waals surface area (Å²) in [7, 11) is 0. The molecule has 0 aliphatic carbocycles. The van der Waals surface area contributed by atoms with Crippen LogP contribution in [0.1, 0.15) is 5.56 Å². The van der Waals surface area contributed by atoms with Gasteiger partial charge in [0.1, 0.15) is 12.4 Å². The van der Waals surface area contributed by atoms with E-state index in [4.69, 9.17) is 10.5 Å². The van der Waals surface area contributed by atoms with Crippen molar-refractivity contribution in [2.24, 2.45) is 0 Å². The lowest BCUT2D eigenvalue weighted by Crippen LogP contribution is -1.99. The lowest BCUT2D eigenvalue weighted by Gasteiger charge is -2.08. The van der Waals surface area contributed by atoms with Crippen molar-refractivity contribution in [3.8, 4) is 5.75 Å². The van der Waals surface area contributed by atoms with Gasteiger partial charge < -0.3 is 10.5 Å². The highest BCUT2D eigenvalue weighted by molar-refractivity contribution is 9.10. The summed E-state index contributed by atoms with van der Waals surface area (Å²) in [5, 5.41) is 0. The van der Waals surface area contributed by atoms with Gasteiger partial charge in [-0.2, -0.15) is 0 Å². The summed E-state index contributed by atoms with van der Waals surface area (Å²) in [6.45, 7) is 0.0791. The van der Waals surface area contributed by atoms with Crippen molar-refractivity contribution in [1.29, 1.82) is 0 Å². The first-order valence-electron chi connectivity index (χ1n) is 5.18. The normalized spacial score (nSPS) is 10.4. The lowest BCUT2D eigenvalue weighted by molar-refractivity contribution is 0.289. The Hall–Kier alpha value is -1.62. The van der Waals surface area contributed by atoms with Crippen molar-refractivity contribution in [2.45, 2.75) is 6.61 Å². The first-order valence-corrected chi connectivity index (χ1v) is 5.97. The van der Waals surface area contributed by atoms with Gasteiger partial charge in [0.2, 0.25) is 0 Å². The highest BCUT2D eigenvalue weighted by Gasteiger charge is 2.05. The molecule has 0 spiro atoms. The van der Waals surface area contributed by atoms with E-state index in [1.165, 1.54) is 24.3 Å². The van der Waals surface area contributed by atoms with Gasteiger partial charge in [-0.1, -0.05) is 22.0 Å². The summed E-state index contributed by atoms with van der Waals surface area (Å²) in [6.07, 6.45) is 0. The second-order valence-corrected chi connectivity index (χ2v) is 4.63. The van der Waals surface area contributed by atoms with Crippen LogP contribution in [0.15, 0.2) is 40.9 Å². The average Bonchev–Trinajstić information content (AvgIpc) is 2.32. The maximum absolute atomic E-state index is 13.4. The highest BCUT2D eigenvalue weighted by Crippen LogP contribution is 2.22. The molecule has 0 saturated carbocycles. The van der Waals surface area contributed by atoms with E-state index in [-0.39, 0.29) is 18.0 Å². The zero-order chi connectivity index (χ0) is 13.1. The molecule has 2 nitrogen and oxygen atoms in total. The van der Waals surface area contributed by atoms with E-state index in [0.717, 1.165) is 0 Å². The molecule has 0 fully saturated rings. The van der Waals surface area contributed by atoms with Gasteiger partial charge in [-0.3, -0.25) is 0 Å². The first-order chi connectivity index (χ1) is 8.56. The number of nitrogen functional groups attached to an aromatic ring is 1. The fourth-order valence-electron chi connectivity index (χ4n) is 1.41. The molecule has 18 heavy (non-hydrogen) atoms. The van der Waals surface area contributed by atoms with Crippen molar-refractivity contribution in [3.05, 3.63) is 58.1 Å². The van der Waals surface area contributed by atoms with Crippen LogP contribution in [0, 0.1) is 11.6 Å². The third-order valence-corrected chi connectivity index (χ3v) is 2.85. The minimum atomic E-state index is -0.507. The Morgan fingerprint density at radius 3 is 2.50 bits per heavy atom. The molecule has 0 unspecified atom stereocenters. The van der Waals surface area contributed by atoms with Crippen LogP contribution < -0.4 is 10.5 Å². The molecule has 0 aromatic heterocycles. The maximum atomic E-state index is 13.4. The molecule has 0 radical (unpaired) electrons. The fraction of sp³-hybridized carbons (Fsp3) is 0.0769. The maximum Gasteiger partial charge on any atom is 0.166 e. The van der Waals surface area contributed by atoms with Gasteiger partial charge >= 0.3 is 0 Å². The van der Waals surface area contributed by atoms with E-state index in [1.54, 1.807) is 12.1 Å². The molecular weight excluding hydrogens is 304 g/mol. The molecule has 2 N–H and O–H groups in total. The van der Waals surface area contributed by atoms with Crippen LogP contribution in [-0.4, -0.2) is 0 Å². The number of ether oxygens (including phenoxy) is 1. The van der Waals surface area contributed by atoms with Crippen molar-refractivity contribution in [1.82, 2.24) is 0 Å². The molecular formula is C13H10BrF2NO. The van der Waals surface area contributed by atoms with Gasteiger partial charge in [-0.25, -0.2) is 8.78 Å². The quantitative estimate of drug-likeness (QED) is 0.873. The molecule has 0 bridgehead atoms. The Labute approximate surface area is 112 Å². The second-order valence-electron chi connectivity index (χ2n) is 3.72. The fourth-order valence-corrected chi connectivity index (χ4v) is 1.75. The third kappa shape index (κ3) is 2.98. The Morgan fingerprint density at radius 1 is 1.06 bits per heavy atom. The van der Waals surface area contributed by atoms with Crippen LogP contribution >= 0.6 is 15.9 Å². The largest absolute Gasteiger partial charge is 0.486 e. The summed E-state index contributed by atoms with van der Waals surface area (Å²) < 4.78 is 32.5. The standard InChI is InChI=1S/C13H10BrF2NO/c14-9-2-4-13(11(16)6-9)18-7-8-1-3-12(17)10(15)5-8/h1-6H,7,17H2. The number of hydrogen-bond donors (Lipinski definition) is 1. The molecule has 0 aliphatic heterocycles. The minimum Gasteiger partial charge on any atom is -0.486 e. The van der Waals surface area contributed by atoms with Crippen molar-refractivity contribution in [3.63, 3.8) is 0 Å². The van der Waals surface area contributed by atoms with Gasteiger partial charge in [0.05, 0.1) is 5.69 Å². The summed E-state index contributed by atoms with van der Waals surface area (Å²) in [6, 6.07) is 8.83. The van der Waals surface area contributed by atoms with Gasteiger partial charge in [0.25, 0.3) is 0 Å². The molecule has 5 heteroatoms. The first kappa shape index (κ1) is 12.8. The van der Waals surface area contributed by atoms with Crippen LogP contribution in [0.25, 0.3) is 0 Å². The molecule has 0 heterocycles. The van der Waals surface area contributed by atoms with Gasteiger partial charge in [0, 0.05) is 4.47 Å². The van der Waals surface area contributed by atoms with Crippen molar-refractivity contribution in [2.75, 3.05) is 5.73 Å². The van der Waals surface area contributed by atoms with Gasteiger partial charge in [0.15, 0.2) is 11.6 Å². The molecule has 94 valence electrons. The number of anilines is 1. The number of benzene rings is 2. The van der Waals surface area contributed by atoms with Gasteiger partial charge in [-0.05, 0) is 35.9 Å². The van der Waals surface area contributed by atoms with Crippen LogP contribution in [0.2, 0.25) is 0 Å². The number of rotatable bonds is 3. The average molecular weight is 314 g/mol. The number of halogens is 3. The Bertz CT molecular complexity index is 575. The molecule has 0 aliphatic rings. The summed E-state index contributed by atoms with van der Waals surface area (Å²) >= 11 is 3.15. The summed E-state index contributed by atoms with van der Waals surface area (Å²) in [5.74, 6) is -0.858. The van der Waals surface area contributed by atoms with E-state index >= 15 is 0 Å². The second kappa shape index (κ2) is 5.35. The molecule has 0 saturated heterocycles. The highest BCUT2D eigenvalue weighted by atomic mass is 79.9. The lowest BCUT2D eigenvalue weighted by atomic mass is 10.2. The Balaban J connectivity index is 2.09. The molecule has 2 aromatic rings. The van der Waals surface area contributed by atoms with Crippen LogP contribution in [0.3, 0.4) is 0 Å². The summed E-state index contributed by atoms with van der Waals surface area (Å²) in [5.41, 5.74) is 6.02. The molecule has 0 amide bonds. The summed E-state index contributed by atoms with van der Waals surface area (Å²) in [4.78, 5) is 0. The monoisotopic (exact) mass is 313 g/mol. The number of nitrogens with two attached hydrogens (primary N) is 1. The predicted octanol–water partition coefficient (Wildman–Crippen LogP) is 3.89. The molecule has 2 rings (SSSR count). The molecule has 0 atom stereocenters. The zero-order valence-electron chi connectivity index (χ0n) is 9.29. The van der Waals surface area contributed by atoms with Crippen LogP contribution in [0.4, 0.5) is 14.5 Å². The van der Waals surface area contributed by atoms with E-state index in [1.807, 2.05) is 0 Å². The van der Waals surface area contributed by atoms with Crippen molar-refractivity contribution < 1.29 is 13.5 Å². The SMILES string of the molecule is Nc1ccc(COc2ccc(Br)cc2F)cc1F. The predicted molar refractivity (Wildman–Crippen MR) is 69.2 cm³/mol. The zero-order valence-corrected chi connectivity index (χ0v) is 10.9. The minimum absolute atomic E-state index is 0.0774. The third-order valence-electron chi connectivity index (χ3n) is 2.35. The van der Waals surface area contributed by atoms with E-state index in [0.29, 0.717) is 10.0 Å². The Kier molecular flexibility index (Phi) is 3.81. The topological polar surface area (TPSA) is 35.2 Å². The molecule has 2 aromatic carbocycles. The number of hydrogen-bond acceptors (Lipinski definition) is 2. The van der Waals surface area contributed by atoms with E-state index in [2.05, 4.69) is 15.9 Å².